The Labute approximate surface area is 188 Å². The van der Waals surface area contributed by atoms with Gasteiger partial charge in [-0.2, -0.15) is 5.10 Å². The number of hydrazone groups is 1. The van der Waals surface area contributed by atoms with Gasteiger partial charge in [-0.25, -0.2) is 5.43 Å². The number of ether oxygens (including phenoxy) is 3. The Morgan fingerprint density at radius 3 is 2.87 bits per heavy atom. The van der Waals surface area contributed by atoms with Gasteiger partial charge in [-0.1, -0.05) is 18.1 Å². The molecule has 2 aromatic rings. The Morgan fingerprint density at radius 1 is 1.33 bits per heavy atom. The number of fused-ring (bicyclic) bond motifs is 1. The average Bonchev–Trinajstić information content (AvgIpc) is 3.37. The van der Waals surface area contributed by atoms with Gasteiger partial charge >= 0.3 is 0 Å². The van der Waals surface area contributed by atoms with Gasteiger partial charge in [0.1, 0.15) is 0 Å². The van der Waals surface area contributed by atoms with Crippen LogP contribution in [0.25, 0.3) is 0 Å². The van der Waals surface area contributed by atoms with Crippen LogP contribution in [0, 0.1) is 5.92 Å². The summed E-state index contributed by atoms with van der Waals surface area (Å²) in [5.74, 6) is 0.672. The van der Waals surface area contributed by atoms with Crippen molar-refractivity contribution in [2.75, 3.05) is 13.9 Å². The monoisotopic (exact) mass is 538 g/mol. The molecule has 3 heterocycles. The molecule has 2 aliphatic rings. The van der Waals surface area contributed by atoms with Crippen molar-refractivity contribution in [2.24, 2.45) is 16.2 Å². The molecule has 0 spiro atoms. The molecule has 11 heteroatoms. The van der Waals surface area contributed by atoms with Crippen molar-refractivity contribution in [2.45, 2.75) is 13.0 Å². The maximum absolute atomic E-state index is 12.6. The summed E-state index contributed by atoms with van der Waals surface area (Å²) < 4.78 is 17.8. The molecule has 2 atom stereocenters. The number of aromatic nitrogens is 1. The largest absolute Gasteiger partial charge is 0.492 e. The number of pyridine rings is 1. The van der Waals surface area contributed by atoms with E-state index in [1.165, 1.54) is 13.3 Å². The van der Waals surface area contributed by atoms with E-state index in [4.69, 9.17) is 19.0 Å². The van der Waals surface area contributed by atoms with Crippen molar-refractivity contribution in [3.8, 4) is 17.2 Å². The molecule has 0 radical (unpaired) electrons. The fourth-order valence-corrected chi connectivity index (χ4v) is 4.89. The van der Waals surface area contributed by atoms with Gasteiger partial charge in [-0.05, 0) is 37.9 Å². The van der Waals surface area contributed by atoms with Crippen LogP contribution < -0.4 is 19.6 Å². The fourth-order valence-electron chi connectivity index (χ4n) is 3.14. The van der Waals surface area contributed by atoms with Crippen LogP contribution in [0.5, 0.6) is 17.2 Å². The summed E-state index contributed by atoms with van der Waals surface area (Å²) in [4.78, 5) is 22.2. The van der Waals surface area contributed by atoms with E-state index >= 15 is 0 Å². The van der Waals surface area contributed by atoms with Crippen LogP contribution in [0.3, 0.4) is 0 Å². The van der Waals surface area contributed by atoms with E-state index in [9.17, 15) is 4.79 Å². The number of hydrogen-bond acceptors (Lipinski definition) is 8. The highest BCUT2D eigenvalue weighted by molar-refractivity contribution is 9.11. The SMILES string of the molecule is COc1c(Br)c([C@H]2ON=C(C(=O)N/N=C\c3cccnc3)[C@@H]2C)c(Br)c2c1OCO2. The van der Waals surface area contributed by atoms with Gasteiger partial charge in [0.05, 0.1) is 28.2 Å². The predicted molar refractivity (Wildman–Crippen MR) is 115 cm³/mol. The minimum absolute atomic E-state index is 0.0837. The highest BCUT2D eigenvalue weighted by Gasteiger charge is 2.41. The van der Waals surface area contributed by atoms with Crippen LogP contribution in [-0.4, -0.2) is 36.7 Å². The van der Waals surface area contributed by atoms with Gasteiger partial charge < -0.3 is 19.0 Å². The summed E-state index contributed by atoms with van der Waals surface area (Å²) in [7, 11) is 1.54. The van der Waals surface area contributed by atoms with E-state index in [2.05, 4.69) is 52.5 Å². The highest BCUT2D eigenvalue weighted by atomic mass is 79.9. The first-order valence-corrected chi connectivity index (χ1v) is 10.4. The van der Waals surface area contributed by atoms with E-state index in [-0.39, 0.29) is 18.4 Å². The van der Waals surface area contributed by atoms with E-state index in [0.717, 1.165) is 5.56 Å². The molecule has 156 valence electrons. The maximum atomic E-state index is 12.6. The summed E-state index contributed by atoms with van der Waals surface area (Å²) in [6, 6.07) is 3.60. The third-order valence-electron chi connectivity index (χ3n) is 4.63. The second-order valence-corrected chi connectivity index (χ2v) is 8.00. The zero-order valence-corrected chi connectivity index (χ0v) is 19.1. The van der Waals surface area contributed by atoms with Crippen LogP contribution in [-0.2, 0) is 9.63 Å². The van der Waals surface area contributed by atoms with Gasteiger partial charge in [0, 0.05) is 23.5 Å². The van der Waals surface area contributed by atoms with Gasteiger partial charge in [0.15, 0.2) is 23.3 Å². The zero-order chi connectivity index (χ0) is 21.3. The number of nitrogens with one attached hydrogen (secondary N) is 1. The van der Waals surface area contributed by atoms with E-state index < -0.39 is 12.0 Å². The Kier molecular flexibility index (Phi) is 5.91. The second-order valence-electron chi connectivity index (χ2n) is 6.42. The molecule has 0 unspecified atom stereocenters. The number of nitrogens with zero attached hydrogens (tertiary/aromatic N) is 3. The van der Waals surface area contributed by atoms with Gasteiger partial charge in [-0.3, -0.25) is 9.78 Å². The Balaban J connectivity index is 1.54. The molecule has 4 rings (SSSR count). The molecule has 1 aromatic heterocycles. The van der Waals surface area contributed by atoms with Crippen molar-refractivity contribution in [3.63, 3.8) is 0 Å². The quantitative estimate of drug-likeness (QED) is 0.460. The molecule has 1 amide bonds. The average molecular weight is 540 g/mol. The normalized spacial score (nSPS) is 19.5. The smallest absolute Gasteiger partial charge is 0.289 e. The zero-order valence-electron chi connectivity index (χ0n) is 15.9. The van der Waals surface area contributed by atoms with Gasteiger partial charge in [0.25, 0.3) is 5.91 Å². The van der Waals surface area contributed by atoms with Crippen molar-refractivity contribution >= 4 is 49.7 Å². The number of benzene rings is 1. The molecule has 1 N–H and O–H groups in total. The first-order valence-electron chi connectivity index (χ1n) is 8.84. The lowest BCUT2D eigenvalue weighted by molar-refractivity contribution is -0.115. The molecular formula is C19H16Br2N4O5. The van der Waals surface area contributed by atoms with Crippen LogP contribution in [0.4, 0.5) is 0 Å². The summed E-state index contributed by atoms with van der Waals surface area (Å²) in [6.07, 6.45) is 4.23. The number of amides is 1. The van der Waals surface area contributed by atoms with E-state index in [1.807, 2.05) is 13.0 Å². The molecule has 30 heavy (non-hydrogen) atoms. The summed E-state index contributed by atoms with van der Waals surface area (Å²) in [5, 5.41) is 7.95. The van der Waals surface area contributed by atoms with Crippen molar-refractivity contribution < 1.29 is 23.8 Å². The first-order chi connectivity index (χ1) is 14.5. The molecule has 0 fully saturated rings. The van der Waals surface area contributed by atoms with Gasteiger partial charge in [0.2, 0.25) is 12.5 Å². The third-order valence-corrected chi connectivity index (χ3v) is 6.20. The van der Waals surface area contributed by atoms with Crippen LogP contribution >= 0.6 is 31.9 Å². The number of oxime groups is 1. The lowest BCUT2D eigenvalue weighted by Gasteiger charge is -2.20. The number of carbonyl (C=O) groups is 1. The first kappa shape index (κ1) is 20.6. The van der Waals surface area contributed by atoms with Crippen molar-refractivity contribution in [1.29, 1.82) is 0 Å². The molecular weight excluding hydrogens is 524 g/mol. The summed E-state index contributed by atoms with van der Waals surface area (Å²) in [6.45, 7) is 1.93. The molecule has 2 aliphatic heterocycles. The predicted octanol–water partition coefficient (Wildman–Crippen LogP) is 3.56. The second kappa shape index (κ2) is 8.60. The van der Waals surface area contributed by atoms with E-state index in [1.54, 1.807) is 18.5 Å². The molecule has 0 saturated carbocycles. The van der Waals surface area contributed by atoms with Crippen LogP contribution in [0.2, 0.25) is 0 Å². The van der Waals surface area contributed by atoms with Gasteiger partial charge in [-0.15, -0.1) is 0 Å². The maximum Gasteiger partial charge on any atom is 0.289 e. The Hall–Kier alpha value is -2.66. The standard InChI is InChI=1S/C19H16Br2N4O5/c1-9-14(19(26)24-23-7-10-4-3-5-22-6-10)25-30-15(9)11-12(20)16(27-2)18-17(13(11)21)28-8-29-18/h3-7,9,15H,8H2,1-2H3,(H,24,26)/b23-7-/t9-,15-/m0/s1. The van der Waals surface area contributed by atoms with Crippen LogP contribution in [0.15, 0.2) is 43.7 Å². The van der Waals surface area contributed by atoms with E-state index in [0.29, 0.717) is 31.8 Å². The molecule has 1 aromatic carbocycles. The molecule has 0 aliphatic carbocycles. The lowest BCUT2D eigenvalue weighted by atomic mass is 9.93. The molecule has 9 nitrogen and oxygen atoms in total. The molecule has 0 bridgehead atoms. The molecule has 0 saturated heterocycles. The Bertz CT molecular complexity index is 1050. The number of carbonyl (C=O) groups excluding carboxylic acids is 1. The minimum atomic E-state index is -0.555. The Morgan fingerprint density at radius 2 is 2.13 bits per heavy atom. The number of halogens is 2. The number of methoxy groups -OCH3 is 1. The lowest BCUT2D eigenvalue weighted by Crippen LogP contribution is -2.31. The van der Waals surface area contributed by atoms with Crippen LogP contribution in [0.1, 0.15) is 24.2 Å². The third kappa shape index (κ3) is 3.63. The summed E-state index contributed by atoms with van der Waals surface area (Å²) in [5.41, 5.74) is 4.15. The topological polar surface area (TPSA) is 104 Å². The number of rotatable bonds is 5. The number of hydrogen-bond donors (Lipinski definition) is 1. The van der Waals surface area contributed by atoms with Crippen molar-refractivity contribution in [1.82, 2.24) is 10.4 Å². The summed E-state index contributed by atoms with van der Waals surface area (Å²) >= 11 is 7.11. The highest BCUT2D eigenvalue weighted by Crippen LogP contribution is 2.55. The minimum Gasteiger partial charge on any atom is -0.492 e. The fraction of sp³-hybridized carbons (Fsp3) is 0.263. The van der Waals surface area contributed by atoms with Crippen molar-refractivity contribution in [3.05, 3.63) is 44.6 Å².